The van der Waals surface area contributed by atoms with E-state index in [4.69, 9.17) is 9.47 Å². The average Bonchev–Trinajstić information content (AvgIpc) is 2.86. The monoisotopic (exact) mass is 332 g/mol. The van der Waals surface area contributed by atoms with Gasteiger partial charge < -0.3 is 9.47 Å². The largest absolute Gasteiger partial charge is 0.446 e. The Labute approximate surface area is 130 Å². The van der Waals surface area contributed by atoms with Gasteiger partial charge in [-0.1, -0.05) is 12.1 Å². The first-order valence-electron chi connectivity index (χ1n) is 6.70. The highest BCUT2D eigenvalue weighted by atomic mass is 19.4. The van der Waals surface area contributed by atoms with Crippen LogP contribution in [0.5, 0.6) is 0 Å². The van der Waals surface area contributed by atoms with Gasteiger partial charge in [0.25, 0.3) is 5.91 Å². The van der Waals surface area contributed by atoms with Crippen LogP contribution in [0.4, 0.5) is 23.7 Å². The summed E-state index contributed by atoms with van der Waals surface area (Å²) in [6.45, 7) is 0.914. The summed E-state index contributed by atoms with van der Waals surface area (Å²) < 4.78 is 49.4. The number of para-hydroxylation sites is 1. The van der Waals surface area contributed by atoms with Crippen LogP contribution >= 0.6 is 0 Å². The first-order valence-corrected chi connectivity index (χ1v) is 6.70. The number of hydrogen-bond donors (Lipinski definition) is 0. The van der Waals surface area contributed by atoms with Crippen LogP contribution in [0.3, 0.4) is 0 Å². The minimum Gasteiger partial charge on any atom is -0.446 e. The van der Waals surface area contributed by atoms with Crippen LogP contribution in [-0.4, -0.2) is 43.9 Å². The molecule has 9 heteroatoms. The molecule has 1 aliphatic rings. The van der Waals surface area contributed by atoms with Gasteiger partial charge in [-0.15, -0.1) is 0 Å². The molecule has 1 aliphatic heterocycles. The summed E-state index contributed by atoms with van der Waals surface area (Å²) in [5.74, 6) is -0.800. The number of rotatable bonds is 4. The summed E-state index contributed by atoms with van der Waals surface area (Å²) in [7, 11) is 1.24. The highest BCUT2D eigenvalue weighted by Crippen LogP contribution is 2.39. The number of carbonyl (C=O) groups excluding carboxylic acids is 2. The van der Waals surface area contributed by atoms with Gasteiger partial charge in [0.05, 0.1) is 17.8 Å². The van der Waals surface area contributed by atoms with Crippen molar-refractivity contribution in [3.05, 3.63) is 29.3 Å². The van der Waals surface area contributed by atoms with Gasteiger partial charge in [-0.05, 0) is 18.6 Å². The maximum Gasteiger partial charge on any atom is 0.429 e. The van der Waals surface area contributed by atoms with Crippen molar-refractivity contribution in [2.45, 2.75) is 13.1 Å². The van der Waals surface area contributed by atoms with Gasteiger partial charge in [-0.3, -0.25) is 4.79 Å². The number of amides is 2. The summed E-state index contributed by atoms with van der Waals surface area (Å²) in [4.78, 5) is 24.0. The third-order valence-corrected chi connectivity index (χ3v) is 3.24. The Morgan fingerprint density at radius 1 is 1.43 bits per heavy atom. The van der Waals surface area contributed by atoms with Crippen molar-refractivity contribution in [3.63, 3.8) is 0 Å². The molecule has 1 fully saturated rings. The molecule has 2 rings (SSSR count). The van der Waals surface area contributed by atoms with Crippen LogP contribution in [0.15, 0.2) is 18.2 Å². The molecule has 0 spiro atoms. The number of anilines is 1. The minimum absolute atomic E-state index is 0.0111. The lowest BCUT2D eigenvalue weighted by atomic mass is 10.1. The lowest BCUT2D eigenvalue weighted by Crippen LogP contribution is -2.50. The highest BCUT2D eigenvalue weighted by molar-refractivity contribution is 5.98. The number of methoxy groups -OCH3 is 1. The third kappa shape index (κ3) is 3.39. The van der Waals surface area contributed by atoms with Crippen molar-refractivity contribution in [1.82, 2.24) is 5.01 Å². The first-order chi connectivity index (χ1) is 10.8. The third-order valence-electron chi connectivity index (χ3n) is 3.24. The zero-order chi connectivity index (χ0) is 17.2. The molecule has 0 unspecified atom stereocenters. The lowest BCUT2D eigenvalue weighted by Gasteiger charge is -2.32. The van der Waals surface area contributed by atoms with E-state index in [-0.39, 0.29) is 18.7 Å². The molecule has 1 saturated heterocycles. The average molecular weight is 332 g/mol. The second-order valence-electron chi connectivity index (χ2n) is 4.84. The number of alkyl halides is 3. The van der Waals surface area contributed by atoms with Crippen molar-refractivity contribution in [2.24, 2.45) is 0 Å². The molecule has 6 nitrogen and oxygen atoms in total. The van der Waals surface area contributed by atoms with E-state index in [0.29, 0.717) is 5.01 Å². The molecule has 126 valence electrons. The van der Waals surface area contributed by atoms with Crippen molar-refractivity contribution in [1.29, 1.82) is 0 Å². The Morgan fingerprint density at radius 2 is 2.13 bits per heavy atom. The van der Waals surface area contributed by atoms with Gasteiger partial charge in [0.2, 0.25) is 0 Å². The fourth-order valence-corrected chi connectivity index (χ4v) is 2.30. The Morgan fingerprint density at radius 3 is 2.65 bits per heavy atom. The number of hydrogen-bond acceptors (Lipinski definition) is 4. The van der Waals surface area contributed by atoms with Gasteiger partial charge in [0, 0.05) is 7.11 Å². The molecular weight excluding hydrogens is 317 g/mol. The van der Waals surface area contributed by atoms with Crippen LogP contribution in [0, 0.1) is 6.92 Å². The Bertz CT molecular complexity index is 619. The molecule has 23 heavy (non-hydrogen) atoms. The fraction of sp³-hybridized carbons (Fsp3) is 0.429. The normalized spacial score (nSPS) is 14.8. The molecule has 0 aliphatic carbocycles. The van der Waals surface area contributed by atoms with E-state index >= 15 is 0 Å². The van der Waals surface area contributed by atoms with Crippen molar-refractivity contribution in [3.8, 4) is 0 Å². The van der Waals surface area contributed by atoms with E-state index in [1.807, 2.05) is 0 Å². The number of hydrazine groups is 1. The van der Waals surface area contributed by atoms with E-state index in [0.717, 1.165) is 11.1 Å². The summed E-state index contributed by atoms with van der Waals surface area (Å²) >= 11 is 0. The topological polar surface area (TPSA) is 59.1 Å². The fourth-order valence-electron chi connectivity index (χ4n) is 2.30. The molecule has 1 heterocycles. The van der Waals surface area contributed by atoms with Crippen molar-refractivity contribution >= 4 is 17.7 Å². The SMILES string of the molecule is COCC(=O)N(c1c(C)cccc1C(F)(F)F)N1CCOC1=O. The van der Waals surface area contributed by atoms with Gasteiger partial charge in [-0.2, -0.15) is 13.2 Å². The van der Waals surface area contributed by atoms with E-state index < -0.39 is 36.0 Å². The van der Waals surface area contributed by atoms with Crippen LogP contribution in [0.2, 0.25) is 0 Å². The van der Waals surface area contributed by atoms with Gasteiger partial charge in [0.1, 0.15) is 13.2 Å². The lowest BCUT2D eigenvalue weighted by molar-refractivity contribution is -0.137. The number of halogens is 3. The zero-order valence-corrected chi connectivity index (χ0v) is 12.5. The molecule has 0 atom stereocenters. The molecule has 1 aromatic carbocycles. The van der Waals surface area contributed by atoms with Gasteiger partial charge >= 0.3 is 12.3 Å². The van der Waals surface area contributed by atoms with Crippen molar-refractivity contribution in [2.75, 3.05) is 31.9 Å². The number of aryl methyl sites for hydroxylation is 1. The summed E-state index contributed by atoms with van der Waals surface area (Å²) in [6.07, 6.45) is -5.57. The predicted molar refractivity (Wildman–Crippen MR) is 73.6 cm³/mol. The maximum atomic E-state index is 13.3. The first kappa shape index (κ1) is 17.1. The van der Waals surface area contributed by atoms with E-state index in [2.05, 4.69) is 0 Å². The molecule has 0 saturated carbocycles. The van der Waals surface area contributed by atoms with E-state index in [1.54, 1.807) is 0 Å². The molecule has 1 aromatic rings. The Kier molecular flexibility index (Phi) is 4.79. The number of cyclic esters (lactones) is 1. The molecule has 0 N–H and O–H groups in total. The second kappa shape index (κ2) is 6.45. The Balaban J connectivity index is 2.60. The van der Waals surface area contributed by atoms with Crippen LogP contribution < -0.4 is 5.01 Å². The summed E-state index contributed by atoms with van der Waals surface area (Å²) in [5, 5.41) is 1.54. The number of carbonyl (C=O) groups is 2. The zero-order valence-electron chi connectivity index (χ0n) is 12.5. The summed E-state index contributed by atoms with van der Waals surface area (Å²) in [6, 6.07) is 3.53. The highest BCUT2D eigenvalue weighted by Gasteiger charge is 2.41. The molecule has 0 aromatic heterocycles. The predicted octanol–water partition coefficient (Wildman–Crippen LogP) is 2.36. The Hall–Kier alpha value is -2.29. The standard InChI is InChI=1S/C14H15F3N2O4/c1-9-4-3-5-10(14(15,16)17)12(9)19(11(20)8-22-2)18-6-7-23-13(18)21/h3-5H,6-8H2,1-2H3. The molecular formula is C14H15F3N2O4. The quantitative estimate of drug-likeness (QED) is 0.849. The smallest absolute Gasteiger partial charge is 0.429 e. The van der Waals surface area contributed by atoms with Crippen LogP contribution in [0.25, 0.3) is 0 Å². The molecule has 0 bridgehead atoms. The number of benzene rings is 1. The molecule has 2 amide bonds. The molecule has 0 radical (unpaired) electrons. The van der Waals surface area contributed by atoms with Gasteiger partial charge in [0.15, 0.2) is 0 Å². The van der Waals surface area contributed by atoms with Crippen molar-refractivity contribution < 1.29 is 32.2 Å². The number of nitrogens with zero attached hydrogens (tertiary/aromatic N) is 2. The van der Waals surface area contributed by atoms with Gasteiger partial charge in [-0.25, -0.2) is 14.8 Å². The van der Waals surface area contributed by atoms with E-state index in [1.165, 1.54) is 26.2 Å². The van der Waals surface area contributed by atoms with Crippen LogP contribution in [-0.2, 0) is 20.4 Å². The van der Waals surface area contributed by atoms with Crippen LogP contribution in [0.1, 0.15) is 11.1 Å². The maximum absolute atomic E-state index is 13.3. The summed E-state index contributed by atoms with van der Waals surface area (Å²) in [5.41, 5.74) is -1.22. The van der Waals surface area contributed by atoms with E-state index in [9.17, 15) is 22.8 Å². The second-order valence-corrected chi connectivity index (χ2v) is 4.84. The number of ether oxygens (including phenoxy) is 2. The minimum atomic E-state index is -4.68.